The molecule has 2 unspecified atom stereocenters. The lowest BCUT2D eigenvalue weighted by Gasteiger charge is -2.21. The van der Waals surface area contributed by atoms with Gasteiger partial charge in [-0.15, -0.1) is 0 Å². The van der Waals surface area contributed by atoms with Crippen LogP contribution in [0.25, 0.3) is 5.52 Å². The topological polar surface area (TPSA) is 85.7 Å². The quantitative estimate of drug-likeness (QED) is 0.886. The minimum absolute atomic E-state index is 0.0323. The van der Waals surface area contributed by atoms with Crippen LogP contribution in [0.2, 0.25) is 0 Å². The van der Waals surface area contributed by atoms with Gasteiger partial charge in [0.15, 0.2) is 5.82 Å². The van der Waals surface area contributed by atoms with Gasteiger partial charge in [0.05, 0.1) is 17.9 Å². The zero-order chi connectivity index (χ0) is 14.3. The fourth-order valence-corrected chi connectivity index (χ4v) is 2.89. The van der Waals surface area contributed by atoms with E-state index in [0.29, 0.717) is 5.82 Å². The van der Waals surface area contributed by atoms with E-state index < -0.39 is 5.60 Å². The van der Waals surface area contributed by atoms with Crippen molar-refractivity contribution in [3.63, 3.8) is 0 Å². The van der Waals surface area contributed by atoms with Crippen LogP contribution in [-0.4, -0.2) is 31.9 Å². The number of aliphatic hydroxyl groups is 1. The molecule has 2 aromatic heterocycles. The number of aromatic nitrogens is 3. The molecule has 0 amide bonds. The summed E-state index contributed by atoms with van der Waals surface area (Å²) in [5, 5.41) is 13.7. The van der Waals surface area contributed by atoms with E-state index in [1.54, 1.807) is 0 Å². The summed E-state index contributed by atoms with van der Waals surface area (Å²) in [6, 6.07) is 2.09. The highest BCUT2D eigenvalue weighted by atomic mass is 16.5. The Morgan fingerprint density at radius 1 is 1.60 bits per heavy atom. The average Bonchev–Trinajstić information content (AvgIpc) is 3.01. The Balaban J connectivity index is 2.07. The number of ether oxygens (including phenoxy) is 1. The molecule has 3 rings (SSSR count). The van der Waals surface area contributed by atoms with Crippen molar-refractivity contribution in [2.24, 2.45) is 0 Å². The fraction of sp³-hybridized carbons (Fsp3) is 0.571. The first-order valence-corrected chi connectivity index (χ1v) is 6.97. The van der Waals surface area contributed by atoms with Crippen molar-refractivity contribution < 1.29 is 9.84 Å². The SMILES string of the molecule is CCc1cc(C2CCC(C)(CO)O2)n2ncnc(N)c12. The summed E-state index contributed by atoms with van der Waals surface area (Å²) in [6.45, 7) is 4.05. The molecule has 0 aromatic carbocycles. The Bertz CT molecular complexity index is 639. The molecule has 6 heteroatoms. The number of nitrogen functional groups attached to an aromatic ring is 1. The molecule has 1 aliphatic rings. The van der Waals surface area contributed by atoms with Crippen LogP contribution >= 0.6 is 0 Å². The number of nitrogens with zero attached hydrogens (tertiary/aromatic N) is 3. The van der Waals surface area contributed by atoms with Gasteiger partial charge in [0.25, 0.3) is 0 Å². The molecular weight excluding hydrogens is 256 g/mol. The molecule has 3 N–H and O–H groups in total. The summed E-state index contributed by atoms with van der Waals surface area (Å²) in [7, 11) is 0. The Morgan fingerprint density at radius 2 is 2.40 bits per heavy atom. The minimum Gasteiger partial charge on any atom is -0.393 e. The number of aryl methyl sites for hydroxylation is 1. The standard InChI is InChI=1S/C14H20N4O2/c1-3-9-6-10(11-4-5-14(2,7-19)20-11)18-12(9)13(15)16-8-17-18/h6,8,11,19H,3-5,7H2,1-2H3,(H2,15,16,17). The van der Waals surface area contributed by atoms with Crippen molar-refractivity contribution in [2.45, 2.75) is 44.8 Å². The molecule has 0 aliphatic carbocycles. The Hall–Kier alpha value is -1.66. The first kappa shape index (κ1) is 13.3. The van der Waals surface area contributed by atoms with E-state index in [-0.39, 0.29) is 12.7 Å². The highest BCUT2D eigenvalue weighted by molar-refractivity contribution is 5.71. The first-order valence-electron chi connectivity index (χ1n) is 6.97. The van der Waals surface area contributed by atoms with Crippen LogP contribution in [0.1, 0.15) is 44.1 Å². The smallest absolute Gasteiger partial charge is 0.151 e. The van der Waals surface area contributed by atoms with Crippen LogP contribution in [0.4, 0.5) is 5.82 Å². The average molecular weight is 276 g/mol. The monoisotopic (exact) mass is 276 g/mol. The maximum Gasteiger partial charge on any atom is 0.151 e. The van der Waals surface area contributed by atoms with Gasteiger partial charge in [-0.05, 0) is 37.8 Å². The molecule has 108 valence electrons. The van der Waals surface area contributed by atoms with Crippen molar-refractivity contribution >= 4 is 11.3 Å². The second-order valence-corrected chi connectivity index (χ2v) is 5.61. The molecule has 2 atom stereocenters. The number of hydrogen-bond acceptors (Lipinski definition) is 5. The van der Waals surface area contributed by atoms with E-state index in [9.17, 15) is 5.11 Å². The third-order valence-corrected chi connectivity index (χ3v) is 4.10. The molecule has 0 spiro atoms. The lowest BCUT2D eigenvalue weighted by molar-refractivity contribution is -0.0635. The molecular formula is C14H20N4O2. The summed E-state index contributed by atoms with van der Waals surface area (Å²) < 4.78 is 7.85. The van der Waals surface area contributed by atoms with Crippen molar-refractivity contribution in [1.82, 2.24) is 14.6 Å². The van der Waals surface area contributed by atoms with Gasteiger partial charge in [0.2, 0.25) is 0 Å². The molecule has 1 saturated heterocycles. The molecule has 2 aromatic rings. The van der Waals surface area contributed by atoms with Crippen LogP contribution in [0, 0.1) is 0 Å². The Kier molecular flexibility index (Phi) is 3.14. The van der Waals surface area contributed by atoms with Crippen LogP contribution in [0.5, 0.6) is 0 Å². The predicted molar refractivity (Wildman–Crippen MR) is 75.3 cm³/mol. The largest absolute Gasteiger partial charge is 0.393 e. The summed E-state index contributed by atoms with van der Waals surface area (Å²) >= 11 is 0. The summed E-state index contributed by atoms with van der Waals surface area (Å²) in [5.41, 5.74) is 8.49. The van der Waals surface area contributed by atoms with Gasteiger partial charge in [0.1, 0.15) is 17.9 Å². The van der Waals surface area contributed by atoms with Gasteiger partial charge in [-0.25, -0.2) is 9.50 Å². The van der Waals surface area contributed by atoms with Crippen LogP contribution in [-0.2, 0) is 11.2 Å². The number of aliphatic hydroxyl groups excluding tert-OH is 1. The normalized spacial score (nSPS) is 26.4. The van der Waals surface area contributed by atoms with Gasteiger partial charge < -0.3 is 15.6 Å². The molecule has 0 bridgehead atoms. The van der Waals surface area contributed by atoms with Gasteiger partial charge in [0, 0.05) is 0 Å². The summed E-state index contributed by atoms with van der Waals surface area (Å²) in [4.78, 5) is 4.07. The first-order chi connectivity index (χ1) is 9.58. The van der Waals surface area contributed by atoms with Gasteiger partial charge >= 0.3 is 0 Å². The summed E-state index contributed by atoms with van der Waals surface area (Å²) in [5.74, 6) is 0.492. The molecule has 1 fully saturated rings. The van der Waals surface area contributed by atoms with Crippen molar-refractivity contribution in [2.75, 3.05) is 12.3 Å². The number of rotatable bonds is 3. The van der Waals surface area contributed by atoms with Crippen LogP contribution in [0.15, 0.2) is 12.4 Å². The van der Waals surface area contributed by atoms with Crippen LogP contribution < -0.4 is 5.73 Å². The maximum absolute atomic E-state index is 9.42. The lowest BCUT2D eigenvalue weighted by atomic mass is 10.0. The predicted octanol–water partition coefficient (Wildman–Crippen LogP) is 1.48. The highest BCUT2D eigenvalue weighted by Crippen LogP contribution is 2.40. The van der Waals surface area contributed by atoms with E-state index in [2.05, 4.69) is 23.1 Å². The second-order valence-electron chi connectivity index (χ2n) is 5.61. The third kappa shape index (κ3) is 1.96. The maximum atomic E-state index is 9.42. The zero-order valence-corrected chi connectivity index (χ0v) is 11.8. The molecule has 0 radical (unpaired) electrons. The number of hydrogen-bond donors (Lipinski definition) is 2. The highest BCUT2D eigenvalue weighted by Gasteiger charge is 2.37. The second kappa shape index (κ2) is 4.71. The fourth-order valence-electron chi connectivity index (χ4n) is 2.89. The Morgan fingerprint density at radius 3 is 3.05 bits per heavy atom. The van der Waals surface area contributed by atoms with Crippen LogP contribution in [0.3, 0.4) is 0 Å². The van der Waals surface area contributed by atoms with Gasteiger partial charge in [-0.3, -0.25) is 0 Å². The van der Waals surface area contributed by atoms with E-state index in [1.807, 2.05) is 11.4 Å². The number of nitrogens with two attached hydrogens (primary N) is 1. The lowest BCUT2D eigenvalue weighted by Crippen LogP contribution is -2.28. The zero-order valence-electron chi connectivity index (χ0n) is 11.8. The van der Waals surface area contributed by atoms with Crippen molar-refractivity contribution in [1.29, 1.82) is 0 Å². The van der Waals surface area contributed by atoms with Crippen molar-refractivity contribution in [3.05, 3.63) is 23.7 Å². The summed E-state index contributed by atoms with van der Waals surface area (Å²) in [6.07, 6.45) is 3.98. The van der Waals surface area contributed by atoms with E-state index in [1.165, 1.54) is 6.33 Å². The minimum atomic E-state index is -0.459. The van der Waals surface area contributed by atoms with Gasteiger partial charge in [-0.2, -0.15) is 5.10 Å². The molecule has 1 aliphatic heterocycles. The molecule has 6 nitrogen and oxygen atoms in total. The third-order valence-electron chi connectivity index (χ3n) is 4.10. The van der Waals surface area contributed by atoms with E-state index in [4.69, 9.17) is 10.5 Å². The van der Waals surface area contributed by atoms with E-state index >= 15 is 0 Å². The van der Waals surface area contributed by atoms with E-state index in [0.717, 1.165) is 36.0 Å². The molecule has 0 saturated carbocycles. The van der Waals surface area contributed by atoms with Gasteiger partial charge in [-0.1, -0.05) is 6.92 Å². The number of anilines is 1. The van der Waals surface area contributed by atoms with Crippen molar-refractivity contribution in [3.8, 4) is 0 Å². The molecule has 20 heavy (non-hydrogen) atoms. The number of fused-ring (bicyclic) bond motifs is 1. The molecule has 3 heterocycles. The Labute approximate surface area is 117 Å².